The first-order valence-electron chi connectivity index (χ1n) is 9.17. The van der Waals surface area contributed by atoms with E-state index in [0.717, 1.165) is 48.8 Å². The van der Waals surface area contributed by atoms with E-state index in [4.69, 9.17) is 4.74 Å². The number of hydrogen-bond donors (Lipinski definition) is 1. The van der Waals surface area contributed by atoms with E-state index >= 15 is 0 Å². The van der Waals surface area contributed by atoms with Gasteiger partial charge in [-0.15, -0.1) is 0 Å². The van der Waals surface area contributed by atoms with Gasteiger partial charge in [0, 0.05) is 36.5 Å². The number of amides is 1. The van der Waals surface area contributed by atoms with Gasteiger partial charge in [0.2, 0.25) is 0 Å². The van der Waals surface area contributed by atoms with Crippen molar-refractivity contribution in [2.24, 2.45) is 0 Å². The monoisotopic (exact) mass is 365 g/mol. The van der Waals surface area contributed by atoms with Gasteiger partial charge in [-0.1, -0.05) is 0 Å². The van der Waals surface area contributed by atoms with Crippen LogP contribution in [0.1, 0.15) is 40.8 Å². The second-order valence-corrected chi connectivity index (χ2v) is 6.81. The summed E-state index contributed by atoms with van der Waals surface area (Å²) >= 11 is 0. The Morgan fingerprint density at radius 1 is 1.15 bits per heavy atom. The molecule has 1 aliphatic heterocycles. The fourth-order valence-electron chi connectivity index (χ4n) is 3.27. The third-order valence-electron chi connectivity index (χ3n) is 5.06. The molecule has 140 valence electrons. The fourth-order valence-corrected chi connectivity index (χ4v) is 3.27. The number of anilines is 1. The smallest absolute Gasteiger partial charge is 0.276 e. The van der Waals surface area contributed by atoms with Gasteiger partial charge < -0.3 is 14.6 Å². The molecular formula is C20H23N5O2. The van der Waals surface area contributed by atoms with Crippen molar-refractivity contribution >= 4 is 11.6 Å². The lowest BCUT2D eigenvalue weighted by atomic mass is 10.1. The minimum atomic E-state index is -0.205. The van der Waals surface area contributed by atoms with E-state index in [9.17, 15) is 4.79 Å². The molecule has 1 amide bonds. The molecule has 0 radical (unpaired) electrons. The van der Waals surface area contributed by atoms with Crippen LogP contribution in [0.4, 0.5) is 5.69 Å². The molecule has 3 heterocycles. The van der Waals surface area contributed by atoms with Crippen molar-refractivity contribution in [3.63, 3.8) is 0 Å². The number of carbonyl (C=O) groups is 1. The number of nitrogens with one attached hydrogen (secondary N) is 1. The summed E-state index contributed by atoms with van der Waals surface area (Å²) in [6.45, 7) is 5.51. The SMILES string of the molecule is Cc1ncn(-c2ccc(NC(=O)c3ccn(C4CCOCC4)n3)cc2)c1C. The number of aryl methyl sites for hydroxylation is 1. The first-order valence-corrected chi connectivity index (χ1v) is 9.17. The van der Waals surface area contributed by atoms with Gasteiger partial charge in [-0.3, -0.25) is 9.48 Å². The van der Waals surface area contributed by atoms with E-state index in [-0.39, 0.29) is 5.91 Å². The van der Waals surface area contributed by atoms with Crippen LogP contribution in [-0.2, 0) is 4.74 Å². The van der Waals surface area contributed by atoms with Crippen molar-refractivity contribution in [1.82, 2.24) is 19.3 Å². The van der Waals surface area contributed by atoms with Crippen LogP contribution >= 0.6 is 0 Å². The summed E-state index contributed by atoms with van der Waals surface area (Å²) in [5.74, 6) is -0.205. The number of benzene rings is 1. The summed E-state index contributed by atoms with van der Waals surface area (Å²) in [4.78, 5) is 16.8. The second kappa shape index (κ2) is 7.36. The molecule has 2 aromatic heterocycles. The number of nitrogens with zero attached hydrogens (tertiary/aromatic N) is 4. The van der Waals surface area contributed by atoms with E-state index in [2.05, 4.69) is 15.4 Å². The standard InChI is InChI=1S/C20H23N5O2/c1-14-15(2)24(13-21-14)17-5-3-16(4-6-17)22-20(26)19-7-10-25(23-19)18-8-11-27-12-9-18/h3-7,10,13,18H,8-9,11-12H2,1-2H3,(H,22,26). The summed E-state index contributed by atoms with van der Waals surface area (Å²) in [6, 6.07) is 9.77. The van der Waals surface area contributed by atoms with Crippen LogP contribution in [0.5, 0.6) is 0 Å². The minimum Gasteiger partial charge on any atom is -0.381 e. The van der Waals surface area contributed by atoms with Crippen molar-refractivity contribution in [2.75, 3.05) is 18.5 Å². The van der Waals surface area contributed by atoms with E-state index in [0.29, 0.717) is 11.7 Å². The van der Waals surface area contributed by atoms with Gasteiger partial charge in [0.1, 0.15) is 0 Å². The Kier molecular flexibility index (Phi) is 4.77. The van der Waals surface area contributed by atoms with E-state index in [1.165, 1.54) is 0 Å². The molecule has 27 heavy (non-hydrogen) atoms. The second-order valence-electron chi connectivity index (χ2n) is 6.81. The zero-order chi connectivity index (χ0) is 18.8. The molecule has 1 aromatic carbocycles. The summed E-state index contributed by atoms with van der Waals surface area (Å²) in [5.41, 5.74) is 4.28. The molecule has 1 N–H and O–H groups in total. The molecule has 1 aliphatic rings. The molecule has 3 aromatic rings. The molecule has 7 nitrogen and oxygen atoms in total. The number of imidazole rings is 1. The Morgan fingerprint density at radius 3 is 2.56 bits per heavy atom. The van der Waals surface area contributed by atoms with Crippen molar-refractivity contribution in [2.45, 2.75) is 32.7 Å². The van der Waals surface area contributed by atoms with E-state index < -0.39 is 0 Å². The molecule has 1 saturated heterocycles. The number of hydrogen-bond acceptors (Lipinski definition) is 4. The van der Waals surface area contributed by atoms with Gasteiger partial charge in [0.05, 0.1) is 18.1 Å². The topological polar surface area (TPSA) is 74.0 Å². The summed E-state index contributed by atoms with van der Waals surface area (Å²) in [6.07, 6.45) is 5.54. The van der Waals surface area contributed by atoms with Crippen LogP contribution in [0.2, 0.25) is 0 Å². The van der Waals surface area contributed by atoms with Crippen LogP contribution in [-0.4, -0.2) is 38.5 Å². The average Bonchev–Trinajstić information content (AvgIpc) is 3.31. The molecule has 0 aliphatic carbocycles. The van der Waals surface area contributed by atoms with Crippen LogP contribution in [0, 0.1) is 13.8 Å². The summed E-state index contributed by atoms with van der Waals surface area (Å²) in [7, 11) is 0. The van der Waals surface area contributed by atoms with Gasteiger partial charge in [-0.25, -0.2) is 4.98 Å². The highest BCUT2D eigenvalue weighted by Gasteiger charge is 2.18. The normalized spacial score (nSPS) is 15.0. The molecule has 0 atom stereocenters. The molecule has 1 fully saturated rings. The van der Waals surface area contributed by atoms with Crippen molar-refractivity contribution in [1.29, 1.82) is 0 Å². The third kappa shape index (κ3) is 3.64. The zero-order valence-corrected chi connectivity index (χ0v) is 15.6. The summed E-state index contributed by atoms with van der Waals surface area (Å²) < 4.78 is 9.28. The lowest BCUT2D eigenvalue weighted by Crippen LogP contribution is -2.21. The first-order chi connectivity index (χ1) is 13.1. The lowest BCUT2D eigenvalue weighted by Gasteiger charge is -2.22. The molecule has 0 spiro atoms. The van der Waals surface area contributed by atoms with Crippen molar-refractivity contribution in [3.05, 3.63) is 59.9 Å². The molecule has 7 heteroatoms. The van der Waals surface area contributed by atoms with Gasteiger partial charge in [-0.2, -0.15) is 5.10 Å². The third-order valence-corrected chi connectivity index (χ3v) is 5.06. The molecule has 0 bridgehead atoms. The Labute approximate surface area is 158 Å². The van der Waals surface area contributed by atoms with Gasteiger partial charge in [0.15, 0.2) is 5.69 Å². The highest BCUT2D eigenvalue weighted by molar-refractivity contribution is 6.02. The zero-order valence-electron chi connectivity index (χ0n) is 15.6. The van der Waals surface area contributed by atoms with Gasteiger partial charge in [0.25, 0.3) is 5.91 Å². The maximum atomic E-state index is 12.5. The molecular weight excluding hydrogens is 342 g/mol. The first kappa shape index (κ1) is 17.5. The van der Waals surface area contributed by atoms with E-state index in [1.807, 2.05) is 53.6 Å². The number of ether oxygens (including phenoxy) is 1. The van der Waals surface area contributed by atoms with E-state index in [1.54, 1.807) is 12.4 Å². The van der Waals surface area contributed by atoms with Gasteiger partial charge >= 0.3 is 0 Å². The Hall–Kier alpha value is -2.93. The van der Waals surface area contributed by atoms with Crippen molar-refractivity contribution < 1.29 is 9.53 Å². The van der Waals surface area contributed by atoms with Crippen LogP contribution in [0.3, 0.4) is 0 Å². The minimum absolute atomic E-state index is 0.205. The highest BCUT2D eigenvalue weighted by Crippen LogP contribution is 2.21. The maximum Gasteiger partial charge on any atom is 0.276 e. The number of rotatable bonds is 4. The van der Waals surface area contributed by atoms with Crippen LogP contribution in [0.25, 0.3) is 5.69 Å². The Balaban J connectivity index is 1.44. The van der Waals surface area contributed by atoms with Crippen LogP contribution in [0.15, 0.2) is 42.9 Å². The predicted molar refractivity (Wildman–Crippen MR) is 102 cm³/mol. The largest absolute Gasteiger partial charge is 0.381 e. The molecule has 0 unspecified atom stereocenters. The maximum absolute atomic E-state index is 12.5. The lowest BCUT2D eigenvalue weighted by molar-refractivity contribution is 0.0661. The summed E-state index contributed by atoms with van der Waals surface area (Å²) in [5, 5.41) is 7.35. The van der Waals surface area contributed by atoms with Gasteiger partial charge in [-0.05, 0) is 57.0 Å². The van der Waals surface area contributed by atoms with Crippen LogP contribution < -0.4 is 5.32 Å². The average molecular weight is 365 g/mol. The Morgan fingerprint density at radius 2 is 1.89 bits per heavy atom. The highest BCUT2D eigenvalue weighted by atomic mass is 16.5. The predicted octanol–water partition coefficient (Wildman–Crippen LogP) is 3.29. The number of aromatic nitrogens is 4. The van der Waals surface area contributed by atoms with Crippen molar-refractivity contribution in [3.8, 4) is 5.69 Å². The number of carbonyl (C=O) groups excluding carboxylic acids is 1. The molecule has 0 saturated carbocycles. The fraction of sp³-hybridized carbons (Fsp3) is 0.350. The Bertz CT molecular complexity index is 936. The quantitative estimate of drug-likeness (QED) is 0.770. The molecule has 4 rings (SSSR count).